The van der Waals surface area contributed by atoms with E-state index >= 15 is 0 Å². The fourth-order valence-corrected chi connectivity index (χ4v) is 3.74. The highest BCUT2D eigenvalue weighted by molar-refractivity contribution is 9.10. The standard InChI is InChI=1S/C11H9BrFNS2/c12-7-1-11(15-5-7)6-16-10-3-8(13)2-9(14)4-10/h1-5H,6,14H2. The van der Waals surface area contributed by atoms with E-state index < -0.39 is 0 Å². The smallest absolute Gasteiger partial charge is 0.126 e. The van der Waals surface area contributed by atoms with Crippen LogP contribution in [0.4, 0.5) is 10.1 Å². The van der Waals surface area contributed by atoms with Crippen LogP contribution in [0.25, 0.3) is 0 Å². The molecule has 1 aromatic heterocycles. The quantitative estimate of drug-likeness (QED) is 0.665. The summed E-state index contributed by atoms with van der Waals surface area (Å²) in [6, 6.07) is 6.69. The van der Waals surface area contributed by atoms with Crippen LogP contribution in [0.15, 0.2) is 39.0 Å². The van der Waals surface area contributed by atoms with Crippen LogP contribution in [0.1, 0.15) is 4.88 Å². The lowest BCUT2D eigenvalue weighted by molar-refractivity contribution is 0.625. The lowest BCUT2D eigenvalue weighted by Gasteiger charge is -2.01. The second-order valence-corrected chi connectivity index (χ2v) is 6.20. The number of hydrogen-bond donors (Lipinski definition) is 1. The molecule has 84 valence electrons. The second kappa shape index (κ2) is 5.21. The van der Waals surface area contributed by atoms with Gasteiger partial charge in [0.2, 0.25) is 0 Å². The molecule has 1 nitrogen and oxygen atoms in total. The largest absolute Gasteiger partial charge is 0.399 e. The van der Waals surface area contributed by atoms with Crippen molar-refractivity contribution >= 4 is 44.7 Å². The van der Waals surface area contributed by atoms with Gasteiger partial charge >= 0.3 is 0 Å². The molecule has 0 unspecified atom stereocenters. The summed E-state index contributed by atoms with van der Waals surface area (Å²) >= 11 is 6.67. The number of halogens is 2. The molecule has 0 saturated carbocycles. The Morgan fingerprint density at radius 2 is 2.12 bits per heavy atom. The molecule has 0 aliphatic heterocycles. The van der Waals surface area contributed by atoms with Gasteiger partial charge in [0.05, 0.1) is 0 Å². The third-order valence-electron chi connectivity index (χ3n) is 1.90. The molecule has 2 N–H and O–H groups in total. The van der Waals surface area contributed by atoms with E-state index in [4.69, 9.17) is 5.73 Å². The Kier molecular flexibility index (Phi) is 3.89. The molecule has 0 amide bonds. The van der Waals surface area contributed by atoms with Gasteiger partial charge in [-0.2, -0.15) is 0 Å². The van der Waals surface area contributed by atoms with E-state index in [0.717, 1.165) is 15.1 Å². The number of thioether (sulfide) groups is 1. The van der Waals surface area contributed by atoms with Crippen LogP contribution in [-0.2, 0) is 5.75 Å². The molecule has 0 bridgehead atoms. The second-order valence-electron chi connectivity index (χ2n) is 3.24. The third-order valence-corrected chi connectivity index (χ3v) is 4.80. The van der Waals surface area contributed by atoms with E-state index in [1.165, 1.54) is 17.0 Å². The number of nitrogens with two attached hydrogens (primary N) is 1. The van der Waals surface area contributed by atoms with Crippen molar-refractivity contribution < 1.29 is 4.39 Å². The molecule has 0 spiro atoms. The predicted octanol–water partition coefficient (Wildman–Crippen LogP) is 4.52. The summed E-state index contributed by atoms with van der Waals surface area (Å²) in [6.45, 7) is 0. The summed E-state index contributed by atoms with van der Waals surface area (Å²) < 4.78 is 14.1. The van der Waals surface area contributed by atoms with Crippen molar-refractivity contribution in [3.63, 3.8) is 0 Å². The van der Waals surface area contributed by atoms with Gasteiger partial charge in [-0.3, -0.25) is 0 Å². The summed E-state index contributed by atoms with van der Waals surface area (Å²) in [5.41, 5.74) is 6.04. The van der Waals surface area contributed by atoms with Crippen LogP contribution in [0.5, 0.6) is 0 Å². The number of anilines is 1. The zero-order chi connectivity index (χ0) is 11.5. The molecule has 1 heterocycles. The van der Waals surface area contributed by atoms with Crippen LogP contribution in [-0.4, -0.2) is 0 Å². The Morgan fingerprint density at radius 3 is 2.75 bits per heavy atom. The number of thiophene rings is 1. The molecule has 2 aromatic rings. The van der Waals surface area contributed by atoms with Crippen molar-refractivity contribution in [2.24, 2.45) is 0 Å². The van der Waals surface area contributed by atoms with Crippen molar-refractivity contribution in [2.75, 3.05) is 5.73 Å². The maximum absolute atomic E-state index is 13.1. The molecular weight excluding hydrogens is 309 g/mol. The third kappa shape index (κ3) is 3.23. The van der Waals surface area contributed by atoms with Gasteiger partial charge in [-0.1, -0.05) is 0 Å². The molecule has 16 heavy (non-hydrogen) atoms. The fraction of sp³-hybridized carbons (Fsp3) is 0.0909. The maximum Gasteiger partial charge on any atom is 0.126 e. The van der Waals surface area contributed by atoms with Gasteiger partial charge in [-0.15, -0.1) is 23.1 Å². The normalized spacial score (nSPS) is 10.6. The first-order chi connectivity index (χ1) is 7.63. The minimum Gasteiger partial charge on any atom is -0.399 e. The van der Waals surface area contributed by atoms with Crippen molar-refractivity contribution in [3.05, 3.63) is 44.8 Å². The van der Waals surface area contributed by atoms with Crippen molar-refractivity contribution in [2.45, 2.75) is 10.6 Å². The Morgan fingerprint density at radius 1 is 1.31 bits per heavy atom. The lowest BCUT2D eigenvalue weighted by Crippen LogP contribution is -1.87. The van der Waals surface area contributed by atoms with Crippen molar-refractivity contribution in [1.29, 1.82) is 0 Å². The van der Waals surface area contributed by atoms with Gasteiger partial charge in [0, 0.05) is 31.1 Å². The molecule has 2 rings (SSSR count). The molecule has 0 atom stereocenters. The number of benzene rings is 1. The highest BCUT2D eigenvalue weighted by Gasteiger charge is 2.02. The summed E-state index contributed by atoms with van der Waals surface area (Å²) in [5.74, 6) is 0.550. The van der Waals surface area contributed by atoms with Crippen molar-refractivity contribution in [1.82, 2.24) is 0 Å². The van der Waals surface area contributed by atoms with Crippen LogP contribution < -0.4 is 5.73 Å². The topological polar surface area (TPSA) is 26.0 Å². The first-order valence-electron chi connectivity index (χ1n) is 4.55. The fourth-order valence-electron chi connectivity index (χ4n) is 1.25. The molecule has 1 aromatic carbocycles. The predicted molar refractivity (Wildman–Crippen MR) is 72.4 cm³/mol. The molecule has 5 heteroatoms. The summed E-state index contributed by atoms with van der Waals surface area (Å²) in [7, 11) is 0. The average molecular weight is 318 g/mol. The van der Waals surface area contributed by atoms with E-state index in [9.17, 15) is 4.39 Å². The van der Waals surface area contributed by atoms with Crippen LogP contribution in [0.2, 0.25) is 0 Å². The Bertz CT molecular complexity index is 478. The number of rotatable bonds is 3. The first-order valence-corrected chi connectivity index (χ1v) is 7.21. The van der Waals surface area contributed by atoms with E-state index in [1.54, 1.807) is 29.2 Å². The molecular formula is C11H9BrFNS2. The minimum absolute atomic E-state index is 0.283. The van der Waals surface area contributed by atoms with Crippen molar-refractivity contribution in [3.8, 4) is 0 Å². The zero-order valence-electron chi connectivity index (χ0n) is 8.24. The summed E-state index contributed by atoms with van der Waals surface area (Å²) in [6.07, 6.45) is 0. The average Bonchev–Trinajstić information content (AvgIpc) is 2.60. The Hall–Kier alpha value is -0.520. The molecule has 0 aliphatic carbocycles. The van der Waals surface area contributed by atoms with E-state index in [2.05, 4.69) is 22.0 Å². The van der Waals surface area contributed by atoms with Gasteiger partial charge in [0.15, 0.2) is 0 Å². The van der Waals surface area contributed by atoms with Crippen LogP contribution in [0.3, 0.4) is 0 Å². The SMILES string of the molecule is Nc1cc(F)cc(SCc2cc(Br)cs2)c1. The lowest BCUT2D eigenvalue weighted by atomic mass is 10.3. The first kappa shape index (κ1) is 12.0. The van der Waals surface area contributed by atoms with Crippen LogP contribution >= 0.6 is 39.0 Å². The van der Waals surface area contributed by atoms with Crippen LogP contribution in [0, 0.1) is 5.82 Å². The van der Waals surface area contributed by atoms with Gasteiger partial charge in [-0.05, 0) is 40.2 Å². The highest BCUT2D eigenvalue weighted by atomic mass is 79.9. The van der Waals surface area contributed by atoms with E-state index in [0.29, 0.717) is 5.69 Å². The van der Waals surface area contributed by atoms with E-state index in [-0.39, 0.29) is 5.82 Å². The van der Waals surface area contributed by atoms with Gasteiger partial charge < -0.3 is 5.73 Å². The van der Waals surface area contributed by atoms with E-state index in [1.807, 2.05) is 5.38 Å². The minimum atomic E-state index is -0.283. The van der Waals surface area contributed by atoms with Gasteiger partial charge in [0.1, 0.15) is 5.82 Å². The Balaban J connectivity index is 2.04. The summed E-state index contributed by atoms with van der Waals surface area (Å²) in [5, 5.41) is 2.04. The highest BCUT2D eigenvalue weighted by Crippen LogP contribution is 2.29. The van der Waals surface area contributed by atoms with Gasteiger partial charge in [0.25, 0.3) is 0 Å². The summed E-state index contributed by atoms with van der Waals surface area (Å²) in [4.78, 5) is 2.11. The molecule has 0 fully saturated rings. The monoisotopic (exact) mass is 317 g/mol. The zero-order valence-corrected chi connectivity index (χ0v) is 11.5. The molecule has 0 radical (unpaired) electrons. The molecule has 0 saturated heterocycles. The van der Waals surface area contributed by atoms with Gasteiger partial charge in [-0.25, -0.2) is 4.39 Å². The molecule has 0 aliphatic rings. The number of nitrogen functional groups attached to an aromatic ring is 1. The maximum atomic E-state index is 13.1. The number of hydrogen-bond acceptors (Lipinski definition) is 3. The Labute approximate surface area is 110 Å².